The zero-order valence-electron chi connectivity index (χ0n) is 9.96. The van der Waals surface area contributed by atoms with E-state index in [1.54, 1.807) is 0 Å². The highest BCUT2D eigenvalue weighted by molar-refractivity contribution is 5.73. The minimum atomic E-state index is -0.677. The van der Waals surface area contributed by atoms with Crippen LogP contribution in [0.2, 0.25) is 0 Å². The van der Waals surface area contributed by atoms with Gasteiger partial charge in [0.15, 0.2) is 0 Å². The van der Waals surface area contributed by atoms with Gasteiger partial charge in [0.05, 0.1) is 5.41 Å². The topological polar surface area (TPSA) is 40.5 Å². The molecule has 88 valence electrons. The summed E-state index contributed by atoms with van der Waals surface area (Å²) in [6.45, 7) is 7.25. The van der Waals surface area contributed by atoms with Gasteiger partial charge < -0.3 is 10.0 Å². The van der Waals surface area contributed by atoms with E-state index in [9.17, 15) is 4.79 Å². The van der Waals surface area contributed by atoms with E-state index in [1.165, 1.54) is 25.9 Å². The van der Waals surface area contributed by atoms with Gasteiger partial charge in [0, 0.05) is 0 Å². The van der Waals surface area contributed by atoms with E-state index in [4.69, 9.17) is 5.11 Å². The fourth-order valence-electron chi connectivity index (χ4n) is 2.02. The van der Waals surface area contributed by atoms with Crippen molar-refractivity contribution in [2.45, 2.75) is 46.0 Å². The molecule has 3 heteroatoms. The van der Waals surface area contributed by atoms with E-state index in [2.05, 4.69) is 4.90 Å². The predicted molar refractivity (Wildman–Crippen MR) is 60.9 cm³/mol. The summed E-state index contributed by atoms with van der Waals surface area (Å²) in [4.78, 5) is 13.3. The Balaban J connectivity index is 2.08. The molecule has 0 radical (unpaired) electrons. The first-order chi connectivity index (χ1) is 7.02. The van der Waals surface area contributed by atoms with Gasteiger partial charge in [-0.2, -0.15) is 0 Å². The number of carbonyl (C=O) groups is 1. The SMILES string of the molecule is CC(C)(CCCCN1CCCC1)C(=O)O. The predicted octanol–water partition coefficient (Wildman–Crippen LogP) is 2.36. The first-order valence-electron chi connectivity index (χ1n) is 5.98. The molecule has 1 heterocycles. The van der Waals surface area contributed by atoms with Gasteiger partial charge in [-0.25, -0.2) is 0 Å². The number of hydrogen-bond donors (Lipinski definition) is 1. The Hall–Kier alpha value is -0.570. The highest BCUT2D eigenvalue weighted by Crippen LogP contribution is 2.23. The molecule has 0 unspecified atom stereocenters. The summed E-state index contributed by atoms with van der Waals surface area (Å²) in [5.74, 6) is -0.677. The lowest BCUT2D eigenvalue weighted by Gasteiger charge is -2.20. The molecule has 0 aromatic rings. The normalized spacial score (nSPS) is 18.3. The van der Waals surface area contributed by atoms with Crippen molar-refractivity contribution in [2.75, 3.05) is 19.6 Å². The maximum Gasteiger partial charge on any atom is 0.309 e. The van der Waals surface area contributed by atoms with Gasteiger partial charge >= 0.3 is 5.97 Å². The number of rotatable bonds is 6. The van der Waals surface area contributed by atoms with E-state index in [0.29, 0.717) is 0 Å². The van der Waals surface area contributed by atoms with E-state index in [0.717, 1.165) is 25.8 Å². The molecule has 0 spiro atoms. The fraction of sp³-hybridized carbons (Fsp3) is 0.917. The first-order valence-corrected chi connectivity index (χ1v) is 5.98. The number of carboxylic acid groups (broad SMARTS) is 1. The van der Waals surface area contributed by atoms with Crippen LogP contribution in [-0.2, 0) is 4.79 Å². The van der Waals surface area contributed by atoms with Crippen LogP contribution < -0.4 is 0 Å². The average molecular weight is 213 g/mol. The molecule has 0 amide bonds. The maximum atomic E-state index is 10.9. The zero-order chi connectivity index (χ0) is 11.3. The van der Waals surface area contributed by atoms with Gasteiger partial charge in [-0.3, -0.25) is 4.79 Å². The lowest BCUT2D eigenvalue weighted by molar-refractivity contribution is -0.147. The number of nitrogens with zero attached hydrogens (tertiary/aromatic N) is 1. The van der Waals surface area contributed by atoms with Gasteiger partial charge in [-0.1, -0.05) is 6.42 Å². The minimum Gasteiger partial charge on any atom is -0.481 e. The van der Waals surface area contributed by atoms with Crippen LogP contribution in [0.1, 0.15) is 46.0 Å². The summed E-state index contributed by atoms with van der Waals surface area (Å²) in [6.07, 6.45) is 5.62. The molecule has 0 atom stereocenters. The average Bonchev–Trinajstić information content (AvgIpc) is 2.64. The van der Waals surface area contributed by atoms with Crippen LogP contribution in [0.3, 0.4) is 0 Å². The molecule has 1 fully saturated rings. The number of likely N-dealkylation sites (tertiary alicyclic amines) is 1. The molecule has 0 aliphatic carbocycles. The number of carboxylic acids is 1. The Morgan fingerprint density at radius 2 is 1.87 bits per heavy atom. The van der Waals surface area contributed by atoms with Crippen LogP contribution in [0.5, 0.6) is 0 Å². The lowest BCUT2D eigenvalue weighted by Crippen LogP contribution is -2.24. The van der Waals surface area contributed by atoms with Gasteiger partial charge in [0.25, 0.3) is 0 Å². The number of hydrogen-bond acceptors (Lipinski definition) is 2. The summed E-state index contributed by atoms with van der Waals surface area (Å²) >= 11 is 0. The summed E-state index contributed by atoms with van der Waals surface area (Å²) in [5.41, 5.74) is -0.551. The first kappa shape index (κ1) is 12.5. The van der Waals surface area contributed by atoms with Crippen LogP contribution in [0.15, 0.2) is 0 Å². The highest BCUT2D eigenvalue weighted by atomic mass is 16.4. The Morgan fingerprint density at radius 1 is 1.27 bits per heavy atom. The van der Waals surface area contributed by atoms with Crippen LogP contribution in [0.4, 0.5) is 0 Å². The Bertz CT molecular complexity index is 208. The lowest BCUT2D eigenvalue weighted by atomic mass is 9.87. The van der Waals surface area contributed by atoms with Crippen molar-refractivity contribution in [3.05, 3.63) is 0 Å². The Kier molecular flexibility index (Phi) is 4.58. The molecule has 0 aromatic heterocycles. The minimum absolute atomic E-state index is 0.551. The van der Waals surface area contributed by atoms with Crippen LogP contribution in [0.25, 0.3) is 0 Å². The molecule has 3 nitrogen and oxygen atoms in total. The van der Waals surface area contributed by atoms with Crippen molar-refractivity contribution >= 4 is 5.97 Å². The second-order valence-corrected chi connectivity index (χ2v) is 5.19. The second kappa shape index (κ2) is 5.50. The molecular weight excluding hydrogens is 190 g/mol. The molecule has 1 aliphatic rings. The van der Waals surface area contributed by atoms with Crippen LogP contribution in [0, 0.1) is 5.41 Å². The largest absolute Gasteiger partial charge is 0.481 e. The van der Waals surface area contributed by atoms with Gasteiger partial charge in [0.2, 0.25) is 0 Å². The van der Waals surface area contributed by atoms with E-state index in [-0.39, 0.29) is 0 Å². The third-order valence-electron chi connectivity index (χ3n) is 3.30. The van der Waals surface area contributed by atoms with Crippen molar-refractivity contribution in [1.82, 2.24) is 4.90 Å². The van der Waals surface area contributed by atoms with Crippen molar-refractivity contribution < 1.29 is 9.90 Å². The smallest absolute Gasteiger partial charge is 0.309 e. The summed E-state index contributed by atoms with van der Waals surface area (Å²) < 4.78 is 0. The summed E-state index contributed by atoms with van der Waals surface area (Å²) in [5, 5.41) is 8.94. The van der Waals surface area contributed by atoms with Crippen LogP contribution in [-0.4, -0.2) is 35.6 Å². The fourth-order valence-corrected chi connectivity index (χ4v) is 2.02. The van der Waals surface area contributed by atoms with E-state index >= 15 is 0 Å². The van der Waals surface area contributed by atoms with Crippen molar-refractivity contribution in [2.24, 2.45) is 5.41 Å². The van der Waals surface area contributed by atoms with E-state index < -0.39 is 11.4 Å². The standard InChI is InChI=1S/C12H23NO2/c1-12(2,11(14)15)7-3-4-8-13-9-5-6-10-13/h3-10H2,1-2H3,(H,14,15). The maximum absolute atomic E-state index is 10.9. The molecule has 1 rings (SSSR count). The van der Waals surface area contributed by atoms with Crippen molar-refractivity contribution in [3.8, 4) is 0 Å². The molecule has 1 N–H and O–H groups in total. The molecule has 15 heavy (non-hydrogen) atoms. The molecular formula is C12H23NO2. The summed E-state index contributed by atoms with van der Waals surface area (Å²) in [6, 6.07) is 0. The quantitative estimate of drug-likeness (QED) is 0.689. The highest BCUT2D eigenvalue weighted by Gasteiger charge is 2.26. The summed E-state index contributed by atoms with van der Waals surface area (Å²) in [7, 11) is 0. The monoisotopic (exact) mass is 213 g/mol. The third-order valence-corrected chi connectivity index (χ3v) is 3.30. The van der Waals surface area contributed by atoms with Gasteiger partial charge in [0.1, 0.15) is 0 Å². The molecule has 0 aromatic carbocycles. The Morgan fingerprint density at radius 3 is 2.40 bits per heavy atom. The van der Waals surface area contributed by atoms with Crippen molar-refractivity contribution in [3.63, 3.8) is 0 Å². The molecule has 0 bridgehead atoms. The number of unbranched alkanes of at least 4 members (excludes halogenated alkanes) is 1. The van der Waals surface area contributed by atoms with Crippen LogP contribution >= 0.6 is 0 Å². The van der Waals surface area contributed by atoms with Gasteiger partial charge in [-0.05, 0) is 59.2 Å². The van der Waals surface area contributed by atoms with E-state index in [1.807, 2.05) is 13.8 Å². The van der Waals surface area contributed by atoms with Gasteiger partial charge in [-0.15, -0.1) is 0 Å². The molecule has 1 aliphatic heterocycles. The second-order valence-electron chi connectivity index (χ2n) is 5.19. The third kappa shape index (κ3) is 4.20. The zero-order valence-corrected chi connectivity index (χ0v) is 9.96. The van der Waals surface area contributed by atoms with Crippen molar-refractivity contribution in [1.29, 1.82) is 0 Å². The Labute approximate surface area is 92.5 Å². The number of aliphatic carboxylic acids is 1. The molecule has 1 saturated heterocycles. The molecule has 0 saturated carbocycles.